The predicted octanol–water partition coefficient (Wildman–Crippen LogP) is 0.341. The average Bonchev–Trinajstić information content (AvgIpc) is 2.28. The summed E-state index contributed by atoms with van der Waals surface area (Å²) >= 11 is 0. The average molecular weight is 257 g/mol. The summed E-state index contributed by atoms with van der Waals surface area (Å²) in [6.45, 7) is 6.37. The smallest absolute Gasteiger partial charge is 0.237 e. The van der Waals surface area contributed by atoms with Crippen LogP contribution in [-0.2, 0) is 9.53 Å². The summed E-state index contributed by atoms with van der Waals surface area (Å²) in [6, 6.07) is 0. The summed E-state index contributed by atoms with van der Waals surface area (Å²) in [4.78, 5) is 13.9. The van der Waals surface area contributed by atoms with E-state index in [9.17, 15) is 4.79 Å². The van der Waals surface area contributed by atoms with Crippen molar-refractivity contribution >= 4 is 5.91 Å². The molecule has 2 atom stereocenters. The third-order valence-corrected chi connectivity index (χ3v) is 3.90. The lowest BCUT2D eigenvalue weighted by Crippen LogP contribution is -2.63. The maximum absolute atomic E-state index is 11.8. The van der Waals surface area contributed by atoms with Gasteiger partial charge in [0.1, 0.15) is 5.54 Å². The first-order chi connectivity index (χ1) is 8.33. The maximum atomic E-state index is 11.8. The van der Waals surface area contributed by atoms with Crippen molar-refractivity contribution in [3.05, 3.63) is 0 Å². The third-order valence-electron chi connectivity index (χ3n) is 3.90. The highest BCUT2D eigenvalue weighted by Crippen LogP contribution is 2.34. The van der Waals surface area contributed by atoms with Gasteiger partial charge in [0, 0.05) is 26.1 Å². The number of hydrogen-bond acceptors (Lipinski definition) is 4. The minimum absolute atomic E-state index is 0.252. The quantitative estimate of drug-likeness (QED) is 0.720. The van der Waals surface area contributed by atoms with Crippen LogP contribution in [-0.4, -0.2) is 55.7 Å². The fourth-order valence-corrected chi connectivity index (χ4v) is 2.44. The van der Waals surface area contributed by atoms with Crippen LogP contribution >= 0.6 is 0 Å². The Hall–Kier alpha value is -0.650. The summed E-state index contributed by atoms with van der Waals surface area (Å²) < 4.78 is 5.79. The van der Waals surface area contributed by atoms with Crippen LogP contribution < -0.4 is 11.1 Å². The Labute approximate surface area is 110 Å². The second-order valence-corrected chi connectivity index (χ2v) is 5.76. The maximum Gasteiger partial charge on any atom is 0.237 e. The van der Waals surface area contributed by atoms with Gasteiger partial charge < -0.3 is 20.7 Å². The molecule has 1 aliphatic heterocycles. The van der Waals surface area contributed by atoms with Crippen molar-refractivity contribution in [1.82, 2.24) is 10.2 Å². The van der Waals surface area contributed by atoms with Gasteiger partial charge in [-0.2, -0.15) is 0 Å². The monoisotopic (exact) mass is 257 g/mol. The number of carbonyl (C=O) groups is 1. The summed E-state index contributed by atoms with van der Waals surface area (Å²) in [5.41, 5.74) is 4.76. The lowest BCUT2D eigenvalue weighted by molar-refractivity contribution is -0.141. The molecule has 2 unspecified atom stereocenters. The Bertz CT molecular complexity index is 296. The molecule has 0 aromatic carbocycles. The number of carbonyl (C=O) groups excluding carboxylic acids is 1. The number of primary amides is 1. The molecule has 0 bridgehead atoms. The summed E-state index contributed by atoms with van der Waals surface area (Å²) in [6.07, 6.45) is 2.20. The summed E-state index contributed by atoms with van der Waals surface area (Å²) in [7, 11) is 4.03. The zero-order valence-corrected chi connectivity index (χ0v) is 12.1. The van der Waals surface area contributed by atoms with Gasteiger partial charge in [0.05, 0.1) is 5.60 Å². The highest BCUT2D eigenvalue weighted by atomic mass is 16.5. The fourth-order valence-electron chi connectivity index (χ4n) is 2.44. The van der Waals surface area contributed by atoms with Crippen molar-refractivity contribution in [1.29, 1.82) is 0 Å². The first-order valence-electron chi connectivity index (χ1n) is 6.67. The number of nitrogens with two attached hydrogens (primary N) is 1. The SMILES string of the molecule is CCC1(C)CC(NCCN(C)C)(C(N)=O)CCO1. The highest BCUT2D eigenvalue weighted by Gasteiger charge is 2.46. The van der Waals surface area contributed by atoms with Gasteiger partial charge in [-0.15, -0.1) is 0 Å². The third kappa shape index (κ3) is 3.67. The number of amides is 1. The van der Waals surface area contributed by atoms with Crippen LogP contribution in [0.2, 0.25) is 0 Å². The molecule has 0 aliphatic carbocycles. The molecule has 1 heterocycles. The predicted molar refractivity (Wildman–Crippen MR) is 72.4 cm³/mol. The molecule has 1 aliphatic rings. The van der Waals surface area contributed by atoms with E-state index in [0.29, 0.717) is 19.4 Å². The Balaban J connectivity index is 2.71. The van der Waals surface area contributed by atoms with Gasteiger partial charge in [-0.1, -0.05) is 6.92 Å². The zero-order valence-electron chi connectivity index (χ0n) is 12.1. The second-order valence-electron chi connectivity index (χ2n) is 5.76. The first-order valence-corrected chi connectivity index (χ1v) is 6.67. The Kier molecular flexibility index (Phi) is 5.13. The summed E-state index contributed by atoms with van der Waals surface area (Å²) in [5, 5.41) is 3.36. The molecule has 0 aromatic heterocycles. The summed E-state index contributed by atoms with van der Waals surface area (Å²) in [5.74, 6) is -0.260. The molecule has 5 nitrogen and oxygen atoms in total. The normalized spacial score (nSPS) is 32.7. The van der Waals surface area contributed by atoms with Gasteiger partial charge in [0.25, 0.3) is 0 Å². The van der Waals surface area contributed by atoms with Gasteiger partial charge in [-0.25, -0.2) is 0 Å². The number of ether oxygens (including phenoxy) is 1. The van der Waals surface area contributed by atoms with Crippen LogP contribution in [0.25, 0.3) is 0 Å². The molecule has 0 aromatic rings. The van der Waals surface area contributed by atoms with Gasteiger partial charge in [-0.3, -0.25) is 4.79 Å². The van der Waals surface area contributed by atoms with E-state index < -0.39 is 5.54 Å². The van der Waals surface area contributed by atoms with E-state index in [1.165, 1.54) is 0 Å². The molecule has 0 saturated carbocycles. The van der Waals surface area contributed by atoms with Crippen LogP contribution in [0.3, 0.4) is 0 Å². The van der Waals surface area contributed by atoms with Crippen LogP contribution in [0, 0.1) is 0 Å². The number of nitrogens with one attached hydrogen (secondary N) is 1. The van der Waals surface area contributed by atoms with E-state index in [2.05, 4.69) is 24.1 Å². The molecule has 1 amide bonds. The first kappa shape index (κ1) is 15.4. The molecule has 106 valence electrons. The lowest BCUT2D eigenvalue weighted by atomic mass is 9.78. The molecule has 5 heteroatoms. The van der Waals surface area contributed by atoms with Crippen LogP contribution in [0.1, 0.15) is 33.1 Å². The fraction of sp³-hybridized carbons (Fsp3) is 0.923. The number of nitrogens with zero attached hydrogens (tertiary/aromatic N) is 1. The molecule has 3 N–H and O–H groups in total. The second kappa shape index (κ2) is 5.99. The molecule has 1 rings (SSSR count). The van der Waals surface area contributed by atoms with Crippen molar-refractivity contribution in [2.24, 2.45) is 5.73 Å². The molecule has 18 heavy (non-hydrogen) atoms. The Morgan fingerprint density at radius 3 is 2.67 bits per heavy atom. The van der Waals surface area contributed by atoms with Crippen molar-refractivity contribution < 1.29 is 9.53 Å². The lowest BCUT2D eigenvalue weighted by Gasteiger charge is -2.45. The number of hydrogen-bond donors (Lipinski definition) is 2. The van der Waals surface area contributed by atoms with Crippen molar-refractivity contribution in [2.75, 3.05) is 33.8 Å². The molecular weight excluding hydrogens is 230 g/mol. The topological polar surface area (TPSA) is 67.6 Å². The van der Waals surface area contributed by atoms with Crippen LogP contribution in [0.15, 0.2) is 0 Å². The van der Waals surface area contributed by atoms with E-state index in [-0.39, 0.29) is 11.5 Å². The van der Waals surface area contributed by atoms with Gasteiger partial charge in [0.2, 0.25) is 5.91 Å². The molecule has 0 radical (unpaired) electrons. The van der Waals surface area contributed by atoms with E-state index in [1.54, 1.807) is 0 Å². The van der Waals surface area contributed by atoms with Crippen LogP contribution in [0.5, 0.6) is 0 Å². The van der Waals surface area contributed by atoms with Crippen molar-refractivity contribution in [3.8, 4) is 0 Å². The minimum atomic E-state index is -0.612. The van der Waals surface area contributed by atoms with Gasteiger partial charge in [-0.05, 0) is 33.9 Å². The number of likely N-dealkylation sites (N-methyl/N-ethyl adjacent to an activating group) is 1. The van der Waals surface area contributed by atoms with Crippen LogP contribution in [0.4, 0.5) is 0 Å². The van der Waals surface area contributed by atoms with E-state index in [0.717, 1.165) is 19.5 Å². The highest BCUT2D eigenvalue weighted by molar-refractivity contribution is 5.85. The van der Waals surface area contributed by atoms with Gasteiger partial charge in [0.15, 0.2) is 0 Å². The van der Waals surface area contributed by atoms with E-state index >= 15 is 0 Å². The molecule has 0 spiro atoms. The van der Waals surface area contributed by atoms with E-state index in [4.69, 9.17) is 10.5 Å². The largest absolute Gasteiger partial charge is 0.375 e. The van der Waals surface area contributed by atoms with Gasteiger partial charge >= 0.3 is 0 Å². The zero-order chi connectivity index (χ0) is 13.8. The Morgan fingerprint density at radius 2 is 2.17 bits per heavy atom. The standard InChI is InChI=1S/C13H27N3O2/c1-5-12(2)10-13(11(14)17,6-9-18-12)15-7-8-16(3)4/h15H,5-10H2,1-4H3,(H2,14,17). The van der Waals surface area contributed by atoms with Crippen molar-refractivity contribution in [2.45, 2.75) is 44.2 Å². The number of rotatable bonds is 6. The Morgan fingerprint density at radius 1 is 1.50 bits per heavy atom. The minimum Gasteiger partial charge on any atom is -0.375 e. The van der Waals surface area contributed by atoms with E-state index in [1.807, 2.05) is 14.1 Å². The molecule has 1 fully saturated rings. The molecular formula is C13H27N3O2. The van der Waals surface area contributed by atoms with Crippen molar-refractivity contribution in [3.63, 3.8) is 0 Å². The molecule has 1 saturated heterocycles.